The molecule has 0 bridgehead atoms. The molecule has 2 aromatic rings. The molecule has 104 valence electrons. The van der Waals surface area contributed by atoms with Gasteiger partial charge < -0.3 is 10.4 Å². The van der Waals surface area contributed by atoms with Crippen molar-refractivity contribution in [3.05, 3.63) is 58.2 Å². The highest BCUT2D eigenvalue weighted by atomic mass is 35.5. The first kappa shape index (κ1) is 14.2. The Morgan fingerprint density at radius 1 is 1.35 bits per heavy atom. The molecule has 4 nitrogen and oxygen atoms in total. The van der Waals surface area contributed by atoms with Gasteiger partial charge >= 0.3 is 5.97 Å². The molecule has 20 heavy (non-hydrogen) atoms. The lowest BCUT2D eigenvalue weighted by Gasteiger charge is -2.08. The van der Waals surface area contributed by atoms with Gasteiger partial charge in [0.2, 0.25) is 0 Å². The first-order valence-electron chi connectivity index (χ1n) is 5.54. The van der Waals surface area contributed by atoms with Crippen molar-refractivity contribution in [1.82, 2.24) is 4.98 Å². The third kappa shape index (κ3) is 3.21. The second-order valence-electron chi connectivity index (χ2n) is 3.95. The van der Waals surface area contributed by atoms with Crippen LogP contribution in [0.1, 0.15) is 15.9 Å². The van der Waals surface area contributed by atoms with E-state index in [4.69, 9.17) is 16.7 Å². The summed E-state index contributed by atoms with van der Waals surface area (Å²) in [6, 6.07) is 4.32. The number of anilines is 1. The third-order valence-electron chi connectivity index (χ3n) is 2.54. The molecule has 7 heteroatoms. The summed E-state index contributed by atoms with van der Waals surface area (Å²) in [5, 5.41) is 11.6. The van der Waals surface area contributed by atoms with Gasteiger partial charge in [0.1, 0.15) is 17.5 Å². The van der Waals surface area contributed by atoms with E-state index in [0.29, 0.717) is 0 Å². The lowest BCUT2D eigenvalue weighted by Crippen LogP contribution is -2.06. The van der Waals surface area contributed by atoms with Gasteiger partial charge in [-0.1, -0.05) is 11.6 Å². The minimum atomic E-state index is -1.15. The van der Waals surface area contributed by atoms with E-state index in [-0.39, 0.29) is 28.5 Å². The van der Waals surface area contributed by atoms with Crippen molar-refractivity contribution >= 4 is 23.4 Å². The Balaban J connectivity index is 2.15. The molecular weight excluding hydrogens is 290 g/mol. The van der Waals surface area contributed by atoms with Gasteiger partial charge in [0, 0.05) is 18.3 Å². The number of benzene rings is 1. The summed E-state index contributed by atoms with van der Waals surface area (Å²) in [6.45, 7) is -0.0251. The largest absolute Gasteiger partial charge is 0.478 e. The highest BCUT2D eigenvalue weighted by Gasteiger charge is 2.09. The van der Waals surface area contributed by atoms with Crippen molar-refractivity contribution in [2.75, 3.05) is 5.32 Å². The average Bonchev–Trinajstić information content (AvgIpc) is 2.40. The normalized spacial score (nSPS) is 10.3. The SMILES string of the molecule is O=C(O)c1cnc(NCc2cc(F)ccc2F)c(Cl)c1. The Morgan fingerprint density at radius 3 is 2.75 bits per heavy atom. The van der Waals surface area contributed by atoms with Crippen LogP contribution in [0.4, 0.5) is 14.6 Å². The molecule has 1 heterocycles. The minimum absolute atomic E-state index is 0.0251. The van der Waals surface area contributed by atoms with E-state index in [1.165, 1.54) is 6.07 Å². The van der Waals surface area contributed by atoms with Gasteiger partial charge in [-0.05, 0) is 24.3 Å². The van der Waals surface area contributed by atoms with Gasteiger partial charge in [-0.3, -0.25) is 0 Å². The highest BCUT2D eigenvalue weighted by molar-refractivity contribution is 6.33. The Hall–Kier alpha value is -2.21. The number of nitrogens with zero attached hydrogens (tertiary/aromatic N) is 1. The number of aromatic nitrogens is 1. The smallest absolute Gasteiger partial charge is 0.337 e. The van der Waals surface area contributed by atoms with E-state index in [0.717, 1.165) is 24.4 Å². The van der Waals surface area contributed by atoms with Gasteiger partial charge in [-0.25, -0.2) is 18.6 Å². The van der Waals surface area contributed by atoms with Crippen LogP contribution in [-0.4, -0.2) is 16.1 Å². The van der Waals surface area contributed by atoms with Crippen molar-refractivity contribution < 1.29 is 18.7 Å². The maximum atomic E-state index is 13.4. The summed E-state index contributed by atoms with van der Waals surface area (Å²) >= 11 is 5.85. The molecule has 2 rings (SSSR count). The number of carboxylic acid groups (broad SMARTS) is 1. The van der Waals surface area contributed by atoms with Crippen LogP contribution in [0.25, 0.3) is 0 Å². The number of hydrogen-bond donors (Lipinski definition) is 2. The molecule has 0 aliphatic carbocycles. The molecule has 0 radical (unpaired) electrons. The number of hydrogen-bond acceptors (Lipinski definition) is 3. The second-order valence-corrected chi connectivity index (χ2v) is 4.36. The first-order chi connectivity index (χ1) is 9.47. The zero-order chi connectivity index (χ0) is 14.7. The molecule has 0 atom stereocenters. The molecule has 2 N–H and O–H groups in total. The lowest BCUT2D eigenvalue weighted by atomic mass is 10.2. The summed E-state index contributed by atoms with van der Waals surface area (Å²) in [5.74, 6) is -2.07. The summed E-state index contributed by atoms with van der Waals surface area (Å²) in [5.41, 5.74) is 0.0580. The van der Waals surface area contributed by atoms with Gasteiger partial charge in [0.25, 0.3) is 0 Å². The van der Waals surface area contributed by atoms with Crippen LogP contribution in [0.2, 0.25) is 5.02 Å². The van der Waals surface area contributed by atoms with Crippen molar-refractivity contribution in [3.8, 4) is 0 Å². The summed E-state index contributed by atoms with van der Waals surface area (Å²) in [6.07, 6.45) is 1.12. The van der Waals surface area contributed by atoms with Crippen LogP contribution in [0, 0.1) is 11.6 Å². The standard InChI is InChI=1S/C13H9ClF2N2O2/c14-10-4-8(13(19)20)6-18-12(10)17-5-7-3-9(15)1-2-11(7)16/h1-4,6H,5H2,(H,17,18)(H,19,20). The number of aromatic carboxylic acids is 1. The molecule has 0 amide bonds. The molecule has 1 aromatic heterocycles. The predicted octanol–water partition coefficient (Wildman–Crippen LogP) is 3.32. The third-order valence-corrected chi connectivity index (χ3v) is 2.83. The van der Waals surface area contributed by atoms with E-state index < -0.39 is 17.6 Å². The van der Waals surface area contributed by atoms with Crippen LogP contribution in [-0.2, 0) is 6.54 Å². The number of rotatable bonds is 4. The van der Waals surface area contributed by atoms with Crippen LogP contribution >= 0.6 is 11.6 Å². The topological polar surface area (TPSA) is 62.2 Å². The number of pyridine rings is 1. The van der Waals surface area contributed by atoms with E-state index in [1.807, 2.05) is 0 Å². The Labute approximate surface area is 118 Å². The average molecular weight is 299 g/mol. The highest BCUT2D eigenvalue weighted by Crippen LogP contribution is 2.21. The Kier molecular flexibility index (Phi) is 4.14. The fourth-order valence-corrected chi connectivity index (χ4v) is 1.78. The van der Waals surface area contributed by atoms with E-state index in [1.54, 1.807) is 0 Å². The maximum absolute atomic E-state index is 13.4. The second kappa shape index (κ2) is 5.83. The number of carbonyl (C=O) groups is 1. The number of nitrogens with one attached hydrogen (secondary N) is 1. The molecule has 1 aromatic carbocycles. The van der Waals surface area contributed by atoms with E-state index in [9.17, 15) is 13.6 Å². The summed E-state index contributed by atoms with van der Waals surface area (Å²) in [7, 11) is 0. The Morgan fingerprint density at radius 2 is 2.10 bits per heavy atom. The first-order valence-corrected chi connectivity index (χ1v) is 5.92. The van der Waals surface area contributed by atoms with Gasteiger partial charge in [0.15, 0.2) is 0 Å². The molecule has 0 saturated carbocycles. The van der Waals surface area contributed by atoms with Gasteiger partial charge in [-0.15, -0.1) is 0 Å². The van der Waals surface area contributed by atoms with Crippen molar-refractivity contribution in [2.24, 2.45) is 0 Å². The fraction of sp³-hybridized carbons (Fsp3) is 0.0769. The molecule has 0 saturated heterocycles. The van der Waals surface area contributed by atoms with Crippen molar-refractivity contribution in [1.29, 1.82) is 0 Å². The van der Waals surface area contributed by atoms with Crippen molar-refractivity contribution in [3.63, 3.8) is 0 Å². The minimum Gasteiger partial charge on any atom is -0.478 e. The zero-order valence-electron chi connectivity index (χ0n) is 10.0. The molecular formula is C13H9ClF2N2O2. The fourth-order valence-electron chi connectivity index (χ4n) is 1.54. The molecule has 0 aliphatic heterocycles. The monoisotopic (exact) mass is 298 g/mol. The number of halogens is 3. The van der Waals surface area contributed by atoms with Crippen LogP contribution in [0.15, 0.2) is 30.5 Å². The zero-order valence-corrected chi connectivity index (χ0v) is 10.8. The van der Waals surface area contributed by atoms with Crippen molar-refractivity contribution in [2.45, 2.75) is 6.54 Å². The van der Waals surface area contributed by atoms with Crippen LogP contribution in [0.5, 0.6) is 0 Å². The molecule has 0 unspecified atom stereocenters. The summed E-state index contributed by atoms with van der Waals surface area (Å²) in [4.78, 5) is 14.5. The number of carboxylic acids is 1. The Bertz CT molecular complexity index is 665. The van der Waals surface area contributed by atoms with Crippen LogP contribution < -0.4 is 5.32 Å². The van der Waals surface area contributed by atoms with Gasteiger partial charge in [-0.2, -0.15) is 0 Å². The van der Waals surface area contributed by atoms with E-state index in [2.05, 4.69) is 10.3 Å². The quantitative estimate of drug-likeness (QED) is 0.909. The molecule has 0 aliphatic rings. The maximum Gasteiger partial charge on any atom is 0.337 e. The predicted molar refractivity (Wildman–Crippen MR) is 69.9 cm³/mol. The van der Waals surface area contributed by atoms with Gasteiger partial charge in [0.05, 0.1) is 10.6 Å². The van der Waals surface area contributed by atoms with E-state index >= 15 is 0 Å². The lowest BCUT2D eigenvalue weighted by molar-refractivity contribution is 0.0696. The molecule has 0 spiro atoms. The summed E-state index contributed by atoms with van der Waals surface area (Å²) < 4.78 is 26.4. The molecule has 0 fully saturated rings. The van der Waals surface area contributed by atoms with Crippen LogP contribution in [0.3, 0.4) is 0 Å².